The summed E-state index contributed by atoms with van der Waals surface area (Å²) in [7, 11) is 0. The topological polar surface area (TPSA) is 306 Å². The van der Waals surface area contributed by atoms with E-state index >= 15 is 0 Å². The first-order valence-corrected chi connectivity index (χ1v) is 18.3. The average molecular weight is 883 g/mol. The van der Waals surface area contributed by atoms with Crippen LogP contribution in [0, 0.1) is 0 Å². The molecule has 62 heavy (non-hydrogen) atoms. The molecule has 2 rings (SSSR count). The first kappa shape index (κ1) is 50.6. The van der Waals surface area contributed by atoms with Crippen molar-refractivity contribution in [2.24, 2.45) is 0 Å². The molecule has 342 valence electrons. The number of carbonyl (C=O) groups is 10. The van der Waals surface area contributed by atoms with Crippen molar-refractivity contribution in [1.29, 1.82) is 0 Å². The number of hydrogen-bond acceptors (Lipinski definition) is 18. The Hall–Kier alpha value is -7.54. The molecule has 2 fully saturated rings. The third kappa shape index (κ3) is 16.3. The van der Waals surface area contributed by atoms with E-state index in [0.29, 0.717) is 0 Å². The summed E-state index contributed by atoms with van der Waals surface area (Å²) in [5.74, 6) is -2.84. The summed E-state index contributed by atoms with van der Waals surface area (Å²) in [5.41, 5.74) is 0.473. The standard InChI is InChI=1S/C36H50N8O18/c1-21(2)27(45)55-13-9-37-31(49)59-17-41-25-26(43(35(41)53)19-61-33(51)39-11-15-57-29(47)23(5)6)44(20-62-34(52)40-12-16-58-30(48)24(7)8)36(54)42(25)18-60-32(50)38-10-14-56-28(46)22(3)4/h25-26H,1,3,5,7,9-20H2,2,4,6,8H3,(H,37,49)(H,38,50)(H,39,51)(H,40,52). The molecular weight excluding hydrogens is 832 g/mol. The number of hydrogen-bond donors (Lipinski definition) is 4. The molecule has 2 heterocycles. The number of alkyl carbamates (subject to hydrolysis) is 4. The van der Waals surface area contributed by atoms with Crippen LogP contribution in [0.4, 0.5) is 28.8 Å². The first-order valence-electron chi connectivity index (χ1n) is 18.3. The molecular formula is C36H50N8O18. The summed E-state index contributed by atoms with van der Waals surface area (Å²) in [6.07, 6.45) is -7.44. The molecule has 0 saturated carbocycles. The molecule has 0 unspecified atom stereocenters. The summed E-state index contributed by atoms with van der Waals surface area (Å²) >= 11 is 0. The monoisotopic (exact) mass is 882 g/mol. The van der Waals surface area contributed by atoms with Crippen LogP contribution < -0.4 is 21.3 Å². The molecule has 4 N–H and O–H groups in total. The highest BCUT2D eigenvalue weighted by atomic mass is 16.6. The molecule has 2 aliphatic heterocycles. The fraction of sp³-hybridized carbons (Fsp3) is 0.500. The number of fused-ring (bicyclic) bond motifs is 1. The van der Waals surface area contributed by atoms with E-state index in [1.165, 1.54) is 27.7 Å². The maximum Gasteiger partial charge on any atom is 0.408 e. The third-order valence-corrected chi connectivity index (χ3v) is 7.68. The second kappa shape index (κ2) is 25.2. The van der Waals surface area contributed by atoms with Crippen molar-refractivity contribution in [2.45, 2.75) is 40.0 Å². The van der Waals surface area contributed by atoms with Gasteiger partial charge in [-0.1, -0.05) is 26.3 Å². The van der Waals surface area contributed by atoms with E-state index in [1.54, 1.807) is 0 Å². The minimum atomic E-state index is -1.51. The molecule has 8 amide bonds. The number of ether oxygens (including phenoxy) is 8. The van der Waals surface area contributed by atoms with Crippen molar-refractivity contribution < 1.29 is 85.8 Å². The molecule has 0 aromatic heterocycles. The van der Waals surface area contributed by atoms with Crippen LogP contribution in [-0.2, 0) is 57.1 Å². The van der Waals surface area contributed by atoms with E-state index in [9.17, 15) is 47.9 Å². The van der Waals surface area contributed by atoms with Gasteiger partial charge in [0, 0.05) is 22.3 Å². The Bertz CT molecular complexity index is 1540. The Morgan fingerprint density at radius 2 is 0.597 bits per heavy atom. The lowest BCUT2D eigenvalue weighted by Gasteiger charge is -2.29. The van der Waals surface area contributed by atoms with Crippen LogP contribution in [0.15, 0.2) is 48.6 Å². The number of nitrogens with zero attached hydrogens (tertiary/aromatic N) is 4. The van der Waals surface area contributed by atoms with Crippen molar-refractivity contribution in [3.63, 3.8) is 0 Å². The normalized spacial score (nSPS) is 15.0. The molecule has 0 spiro atoms. The quantitative estimate of drug-likeness (QED) is 0.0439. The highest BCUT2D eigenvalue weighted by molar-refractivity contribution is 5.88. The zero-order valence-corrected chi connectivity index (χ0v) is 34.6. The van der Waals surface area contributed by atoms with Crippen molar-refractivity contribution in [2.75, 3.05) is 79.5 Å². The smallest absolute Gasteiger partial charge is 0.408 e. The fourth-order valence-corrected chi connectivity index (χ4v) is 4.69. The van der Waals surface area contributed by atoms with Crippen LogP contribution in [0.1, 0.15) is 27.7 Å². The molecule has 0 aliphatic carbocycles. The van der Waals surface area contributed by atoms with Gasteiger partial charge in [-0.25, -0.2) is 47.9 Å². The molecule has 0 bridgehead atoms. The zero-order chi connectivity index (χ0) is 46.5. The lowest BCUT2D eigenvalue weighted by molar-refractivity contribution is -0.139. The van der Waals surface area contributed by atoms with Crippen LogP contribution in [-0.4, -0.2) is 172 Å². The van der Waals surface area contributed by atoms with Gasteiger partial charge in [-0.3, -0.25) is 19.6 Å². The van der Waals surface area contributed by atoms with E-state index < -0.39 is 99.6 Å². The van der Waals surface area contributed by atoms with Gasteiger partial charge < -0.3 is 59.2 Å². The Balaban J connectivity index is 2.31. The van der Waals surface area contributed by atoms with Crippen LogP contribution in [0.3, 0.4) is 0 Å². The second-order valence-corrected chi connectivity index (χ2v) is 12.9. The molecule has 0 radical (unpaired) electrons. The Morgan fingerprint density at radius 1 is 0.403 bits per heavy atom. The molecule has 26 nitrogen and oxygen atoms in total. The van der Waals surface area contributed by atoms with Gasteiger partial charge in [0.25, 0.3) is 0 Å². The average Bonchev–Trinajstić information content (AvgIpc) is 3.64. The van der Waals surface area contributed by atoms with Crippen molar-refractivity contribution in [3.05, 3.63) is 48.6 Å². The minimum absolute atomic E-state index is 0.118. The van der Waals surface area contributed by atoms with Crippen molar-refractivity contribution in [1.82, 2.24) is 40.9 Å². The van der Waals surface area contributed by atoms with Crippen LogP contribution in [0.2, 0.25) is 0 Å². The van der Waals surface area contributed by atoms with Gasteiger partial charge in [0.1, 0.15) is 26.4 Å². The minimum Gasteiger partial charge on any atom is -0.460 e. The largest absolute Gasteiger partial charge is 0.460 e. The molecule has 0 aromatic carbocycles. The second-order valence-electron chi connectivity index (χ2n) is 12.9. The SMILES string of the molecule is C=C(C)C(=O)OCCNC(=O)OCN1C(=O)N(COC(=O)NCCOC(=O)C(=C)C)C2C1N(COC(=O)NCCOC(=O)C(=C)C)C(=O)N2COC(=O)NCCOC(=O)C(=C)C. The molecule has 0 atom stereocenters. The molecule has 0 aromatic rings. The van der Waals surface area contributed by atoms with Gasteiger partial charge >= 0.3 is 60.3 Å². The number of nitrogens with one attached hydrogen (secondary N) is 4. The van der Waals surface area contributed by atoms with E-state index in [-0.39, 0.29) is 74.9 Å². The Kier molecular flexibility index (Phi) is 20.5. The van der Waals surface area contributed by atoms with E-state index in [0.717, 1.165) is 19.6 Å². The van der Waals surface area contributed by atoms with Crippen LogP contribution in [0.25, 0.3) is 0 Å². The Labute approximate surface area is 355 Å². The van der Waals surface area contributed by atoms with Gasteiger partial charge in [0.2, 0.25) is 0 Å². The zero-order valence-electron chi connectivity index (χ0n) is 34.6. The molecule has 2 saturated heterocycles. The van der Waals surface area contributed by atoms with E-state index in [4.69, 9.17) is 37.9 Å². The summed E-state index contributed by atoms with van der Waals surface area (Å²) in [4.78, 5) is 128. The van der Waals surface area contributed by atoms with Crippen LogP contribution in [0.5, 0.6) is 0 Å². The summed E-state index contributed by atoms with van der Waals surface area (Å²) in [5, 5.41) is 9.21. The summed E-state index contributed by atoms with van der Waals surface area (Å²) in [6.45, 7) is 14.0. The van der Waals surface area contributed by atoms with Crippen molar-refractivity contribution >= 4 is 60.3 Å². The Morgan fingerprint density at radius 3 is 0.774 bits per heavy atom. The third-order valence-electron chi connectivity index (χ3n) is 7.68. The highest BCUT2D eigenvalue weighted by Gasteiger charge is 2.60. The predicted octanol–water partition coefficient (Wildman–Crippen LogP) is 0.326. The van der Waals surface area contributed by atoms with E-state index in [1.807, 2.05) is 0 Å². The number of urea groups is 2. The predicted molar refractivity (Wildman–Crippen MR) is 206 cm³/mol. The fourth-order valence-electron chi connectivity index (χ4n) is 4.69. The van der Waals surface area contributed by atoms with Crippen molar-refractivity contribution in [3.8, 4) is 0 Å². The maximum absolute atomic E-state index is 14.0. The maximum atomic E-state index is 14.0. The first-order chi connectivity index (χ1) is 29.3. The van der Waals surface area contributed by atoms with Gasteiger partial charge in [-0.05, 0) is 27.7 Å². The van der Waals surface area contributed by atoms with Crippen LogP contribution >= 0.6 is 0 Å². The number of rotatable bonds is 24. The number of carbonyl (C=O) groups excluding carboxylic acids is 10. The molecule has 2 aliphatic rings. The number of esters is 4. The number of amides is 8. The summed E-state index contributed by atoms with van der Waals surface area (Å²) < 4.78 is 40.4. The van der Waals surface area contributed by atoms with E-state index in [2.05, 4.69) is 47.6 Å². The van der Waals surface area contributed by atoms with Gasteiger partial charge in [0.15, 0.2) is 39.3 Å². The van der Waals surface area contributed by atoms with Gasteiger partial charge in [0.05, 0.1) is 26.2 Å². The lowest BCUT2D eigenvalue weighted by atomic mass is 10.3. The summed E-state index contributed by atoms with van der Waals surface area (Å²) in [6, 6.07) is -2.03. The molecule has 26 heteroatoms. The van der Waals surface area contributed by atoms with Gasteiger partial charge in [-0.15, -0.1) is 0 Å². The highest BCUT2D eigenvalue weighted by Crippen LogP contribution is 2.35. The lowest BCUT2D eigenvalue weighted by Crippen LogP contribution is -2.50. The van der Waals surface area contributed by atoms with Gasteiger partial charge in [-0.2, -0.15) is 0 Å².